The van der Waals surface area contributed by atoms with Crippen molar-refractivity contribution in [3.63, 3.8) is 0 Å². The molecular formula is C7H12N2OS. The van der Waals surface area contributed by atoms with Crippen molar-refractivity contribution >= 4 is 17.7 Å². The first-order chi connectivity index (χ1) is 5.31. The quantitative estimate of drug-likeness (QED) is 0.623. The molecule has 0 unspecified atom stereocenters. The molecule has 0 saturated carbocycles. The summed E-state index contributed by atoms with van der Waals surface area (Å²) in [6.45, 7) is 0.476. The van der Waals surface area contributed by atoms with Gasteiger partial charge in [0.05, 0.1) is 12.5 Å². The topological polar surface area (TPSA) is 52.9 Å². The molecule has 1 amide bonds. The summed E-state index contributed by atoms with van der Waals surface area (Å²) in [6.07, 6.45) is 2.90. The summed E-state index contributed by atoms with van der Waals surface area (Å²) in [6, 6.07) is 1.96. The Labute approximate surface area is 71.2 Å². The van der Waals surface area contributed by atoms with Crippen LogP contribution in [0.1, 0.15) is 12.8 Å². The lowest BCUT2D eigenvalue weighted by atomic mass is 10.4. The van der Waals surface area contributed by atoms with Gasteiger partial charge in [0.25, 0.3) is 0 Å². The lowest BCUT2D eigenvalue weighted by Crippen LogP contribution is -2.24. The van der Waals surface area contributed by atoms with Crippen molar-refractivity contribution in [2.24, 2.45) is 0 Å². The van der Waals surface area contributed by atoms with Gasteiger partial charge in [0.1, 0.15) is 0 Å². The van der Waals surface area contributed by atoms with E-state index in [9.17, 15) is 4.79 Å². The van der Waals surface area contributed by atoms with Crippen molar-refractivity contribution in [3.05, 3.63) is 0 Å². The predicted octanol–water partition coefficient (Wildman–Crippen LogP) is 0.769. The van der Waals surface area contributed by atoms with Crippen molar-refractivity contribution in [3.8, 4) is 6.07 Å². The fourth-order valence-electron chi connectivity index (χ4n) is 0.541. The van der Waals surface area contributed by atoms with E-state index in [4.69, 9.17) is 5.26 Å². The number of amides is 1. The van der Waals surface area contributed by atoms with Crippen molar-refractivity contribution in [1.29, 1.82) is 5.26 Å². The van der Waals surface area contributed by atoms with Crippen LogP contribution in [0.3, 0.4) is 0 Å². The van der Waals surface area contributed by atoms with E-state index in [1.165, 1.54) is 0 Å². The smallest absolute Gasteiger partial charge is 0.220 e. The minimum atomic E-state index is 0.0367. The number of carbonyl (C=O) groups is 1. The molecule has 0 aliphatic carbocycles. The van der Waals surface area contributed by atoms with Crippen LogP contribution in [-0.2, 0) is 4.79 Å². The van der Waals surface area contributed by atoms with Crippen LogP contribution in [-0.4, -0.2) is 24.5 Å². The molecule has 0 aromatic heterocycles. The van der Waals surface area contributed by atoms with Crippen LogP contribution in [0.15, 0.2) is 0 Å². The van der Waals surface area contributed by atoms with E-state index in [2.05, 4.69) is 5.32 Å². The summed E-state index contributed by atoms with van der Waals surface area (Å²) >= 11 is 1.64. The molecule has 0 atom stereocenters. The fraction of sp³-hybridized carbons (Fsp3) is 0.714. The van der Waals surface area contributed by atoms with Gasteiger partial charge >= 0.3 is 0 Å². The van der Waals surface area contributed by atoms with E-state index < -0.39 is 0 Å². The van der Waals surface area contributed by atoms with Gasteiger partial charge in [0.2, 0.25) is 5.91 Å². The van der Waals surface area contributed by atoms with Gasteiger partial charge in [-0.3, -0.25) is 4.79 Å². The van der Waals surface area contributed by atoms with Crippen LogP contribution in [0.5, 0.6) is 0 Å². The number of nitrogens with one attached hydrogen (secondary N) is 1. The van der Waals surface area contributed by atoms with E-state index in [1.54, 1.807) is 11.8 Å². The van der Waals surface area contributed by atoms with Gasteiger partial charge in [-0.05, 0) is 6.26 Å². The monoisotopic (exact) mass is 172 g/mol. The van der Waals surface area contributed by atoms with Gasteiger partial charge < -0.3 is 5.32 Å². The van der Waals surface area contributed by atoms with Gasteiger partial charge in [0, 0.05) is 18.7 Å². The average molecular weight is 172 g/mol. The van der Waals surface area contributed by atoms with Crippen LogP contribution in [0.2, 0.25) is 0 Å². The molecule has 1 N–H and O–H groups in total. The molecule has 0 rings (SSSR count). The summed E-state index contributed by atoms with van der Waals surface area (Å²) in [5.74, 6) is 0.882. The molecule has 0 saturated heterocycles. The summed E-state index contributed by atoms with van der Waals surface area (Å²) in [5.41, 5.74) is 0. The number of nitrogens with zero attached hydrogens (tertiary/aromatic N) is 1. The Morgan fingerprint density at radius 2 is 2.45 bits per heavy atom. The van der Waals surface area contributed by atoms with Gasteiger partial charge in [-0.1, -0.05) is 0 Å². The van der Waals surface area contributed by atoms with E-state index in [0.29, 0.717) is 19.4 Å². The van der Waals surface area contributed by atoms with Gasteiger partial charge in [-0.2, -0.15) is 17.0 Å². The number of hydrogen-bond donors (Lipinski definition) is 1. The third-order valence-corrected chi connectivity index (χ3v) is 1.70. The lowest BCUT2D eigenvalue weighted by Gasteiger charge is -1.99. The van der Waals surface area contributed by atoms with Crippen LogP contribution in [0.25, 0.3) is 0 Å². The highest BCUT2D eigenvalue weighted by Gasteiger charge is 1.97. The maximum absolute atomic E-state index is 10.8. The third-order valence-electron chi connectivity index (χ3n) is 1.09. The maximum Gasteiger partial charge on any atom is 0.220 e. The Morgan fingerprint density at radius 1 is 1.73 bits per heavy atom. The normalized spacial score (nSPS) is 8.73. The first kappa shape index (κ1) is 10.3. The first-order valence-electron chi connectivity index (χ1n) is 3.44. The SMILES string of the molecule is CSCCC(=O)NCCC#N. The number of carbonyl (C=O) groups excluding carboxylic acids is 1. The van der Waals surface area contributed by atoms with Gasteiger partial charge in [-0.15, -0.1) is 0 Å². The minimum Gasteiger partial charge on any atom is -0.355 e. The second kappa shape index (κ2) is 7.42. The molecule has 0 aromatic rings. The van der Waals surface area contributed by atoms with Crippen LogP contribution in [0, 0.1) is 11.3 Å². The molecule has 0 aliphatic heterocycles. The van der Waals surface area contributed by atoms with Crippen molar-refractivity contribution in [2.75, 3.05) is 18.6 Å². The number of rotatable bonds is 5. The van der Waals surface area contributed by atoms with Crippen LogP contribution < -0.4 is 5.32 Å². The minimum absolute atomic E-state index is 0.0367. The van der Waals surface area contributed by atoms with E-state index in [0.717, 1.165) is 5.75 Å². The second-order valence-corrected chi connectivity index (χ2v) is 2.99. The standard InChI is InChI=1S/C7H12N2OS/c1-11-6-3-7(10)9-5-2-4-8/h2-3,5-6H2,1H3,(H,9,10). The Kier molecular flexibility index (Phi) is 6.95. The Balaban J connectivity index is 3.17. The molecule has 0 bridgehead atoms. The highest BCUT2D eigenvalue weighted by molar-refractivity contribution is 7.98. The molecule has 0 fully saturated rings. The zero-order valence-electron chi connectivity index (χ0n) is 6.59. The second-order valence-electron chi connectivity index (χ2n) is 2.00. The molecule has 62 valence electrons. The number of hydrogen-bond acceptors (Lipinski definition) is 3. The molecule has 4 heteroatoms. The van der Waals surface area contributed by atoms with Gasteiger partial charge in [0.15, 0.2) is 0 Å². The zero-order valence-corrected chi connectivity index (χ0v) is 7.41. The molecule has 0 spiro atoms. The molecular weight excluding hydrogens is 160 g/mol. The molecule has 0 radical (unpaired) electrons. The fourth-order valence-corrected chi connectivity index (χ4v) is 0.930. The molecule has 11 heavy (non-hydrogen) atoms. The van der Waals surface area contributed by atoms with Crippen LogP contribution >= 0.6 is 11.8 Å². The number of thioether (sulfide) groups is 1. The lowest BCUT2D eigenvalue weighted by molar-refractivity contribution is -0.120. The number of nitriles is 1. The van der Waals surface area contributed by atoms with Crippen molar-refractivity contribution in [1.82, 2.24) is 5.32 Å². The zero-order chi connectivity index (χ0) is 8.53. The Bertz CT molecular complexity index is 153. The van der Waals surface area contributed by atoms with E-state index in [-0.39, 0.29) is 5.91 Å². The predicted molar refractivity (Wildman–Crippen MR) is 46.2 cm³/mol. The van der Waals surface area contributed by atoms with E-state index >= 15 is 0 Å². The third kappa shape index (κ3) is 7.20. The highest BCUT2D eigenvalue weighted by Crippen LogP contribution is 1.94. The van der Waals surface area contributed by atoms with Gasteiger partial charge in [-0.25, -0.2) is 0 Å². The molecule has 0 aromatic carbocycles. The first-order valence-corrected chi connectivity index (χ1v) is 4.83. The summed E-state index contributed by atoms with van der Waals surface area (Å²) in [7, 11) is 0. The average Bonchev–Trinajstić information content (AvgIpc) is 2.01. The van der Waals surface area contributed by atoms with Crippen molar-refractivity contribution in [2.45, 2.75) is 12.8 Å². The highest BCUT2D eigenvalue weighted by atomic mass is 32.2. The molecule has 3 nitrogen and oxygen atoms in total. The van der Waals surface area contributed by atoms with Crippen molar-refractivity contribution < 1.29 is 4.79 Å². The Hall–Kier alpha value is -0.690. The maximum atomic E-state index is 10.8. The van der Waals surface area contributed by atoms with E-state index in [1.807, 2.05) is 12.3 Å². The summed E-state index contributed by atoms with van der Waals surface area (Å²) in [4.78, 5) is 10.8. The van der Waals surface area contributed by atoms with Crippen LogP contribution in [0.4, 0.5) is 0 Å². The summed E-state index contributed by atoms with van der Waals surface area (Å²) < 4.78 is 0. The molecule has 0 aliphatic rings. The molecule has 0 heterocycles. The Morgan fingerprint density at radius 3 is 3.00 bits per heavy atom. The largest absolute Gasteiger partial charge is 0.355 e. The summed E-state index contributed by atoms with van der Waals surface area (Å²) in [5, 5.41) is 10.8.